The maximum absolute atomic E-state index is 12.3. The molecule has 0 aliphatic rings. The lowest BCUT2D eigenvalue weighted by molar-refractivity contribution is -0.386. The van der Waals surface area contributed by atoms with Crippen molar-refractivity contribution in [3.63, 3.8) is 0 Å². The van der Waals surface area contributed by atoms with E-state index in [-0.39, 0.29) is 17.5 Å². The molecule has 0 radical (unpaired) electrons. The molecule has 1 amide bonds. The van der Waals surface area contributed by atoms with E-state index in [0.717, 1.165) is 11.3 Å². The third-order valence-corrected chi connectivity index (χ3v) is 4.21. The molecule has 2 aromatic rings. The Bertz CT molecular complexity index is 777. The highest BCUT2D eigenvalue weighted by Gasteiger charge is 2.24. The quantitative estimate of drug-likeness (QED) is 0.634. The van der Waals surface area contributed by atoms with Gasteiger partial charge < -0.3 is 5.32 Å². The van der Waals surface area contributed by atoms with E-state index in [9.17, 15) is 14.9 Å². The van der Waals surface area contributed by atoms with Crippen molar-refractivity contribution in [1.29, 1.82) is 0 Å². The highest BCUT2D eigenvalue weighted by molar-refractivity contribution is 5.78. The predicted molar refractivity (Wildman–Crippen MR) is 87.3 cm³/mol. The fourth-order valence-corrected chi connectivity index (χ4v) is 2.55. The number of aromatic nitrogens is 4. The molecule has 24 heavy (non-hydrogen) atoms. The van der Waals surface area contributed by atoms with Crippen LogP contribution in [0.2, 0.25) is 0 Å². The Balaban J connectivity index is 2.00. The molecule has 130 valence electrons. The molecule has 1 N–H and O–H groups in total. The summed E-state index contributed by atoms with van der Waals surface area (Å²) < 4.78 is 3.27. The molecule has 0 saturated carbocycles. The summed E-state index contributed by atoms with van der Waals surface area (Å²) in [5.41, 5.74) is 2.78. The van der Waals surface area contributed by atoms with Gasteiger partial charge in [0.15, 0.2) is 0 Å². The largest absolute Gasteiger partial charge is 0.352 e. The van der Waals surface area contributed by atoms with Crippen LogP contribution >= 0.6 is 0 Å². The number of hydrogen-bond donors (Lipinski definition) is 1. The lowest BCUT2D eigenvalue weighted by Crippen LogP contribution is -2.31. The first-order valence-electron chi connectivity index (χ1n) is 7.66. The smallest absolute Gasteiger partial charge is 0.312 e. The van der Waals surface area contributed by atoms with Gasteiger partial charge in [0.25, 0.3) is 0 Å². The van der Waals surface area contributed by atoms with Crippen LogP contribution in [0, 0.1) is 36.8 Å². The summed E-state index contributed by atoms with van der Waals surface area (Å²) in [7, 11) is 1.85. The van der Waals surface area contributed by atoms with Gasteiger partial charge in [0.2, 0.25) is 5.91 Å². The minimum absolute atomic E-state index is 0.00796. The zero-order chi connectivity index (χ0) is 18.0. The molecule has 2 aromatic heterocycles. The highest BCUT2D eigenvalue weighted by Crippen LogP contribution is 2.22. The topological polar surface area (TPSA) is 108 Å². The van der Waals surface area contributed by atoms with Crippen LogP contribution in [-0.2, 0) is 24.9 Å². The third-order valence-electron chi connectivity index (χ3n) is 4.21. The molecule has 0 spiro atoms. The Morgan fingerprint density at radius 1 is 1.38 bits per heavy atom. The first-order chi connectivity index (χ1) is 11.2. The number of carbonyl (C=O) groups is 1. The molecule has 0 bridgehead atoms. The normalized spacial score (nSPS) is 12.2. The number of nitrogens with one attached hydrogen (secondary N) is 1. The van der Waals surface area contributed by atoms with Gasteiger partial charge in [-0.2, -0.15) is 10.2 Å². The molecule has 0 aliphatic heterocycles. The van der Waals surface area contributed by atoms with Crippen molar-refractivity contribution in [3.8, 4) is 0 Å². The average Bonchev–Trinajstić information content (AvgIpc) is 2.97. The maximum atomic E-state index is 12.3. The molecular formula is C15H22N6O3. The monoisotopic (exact) mass is 334 g/mol. The van der Waals surface area contributed by atoms with Gasteiger partial charge in [-0.05, 0) is 20.8 Å². The Hall–Kier alpha value is -2.71. The summed E-state index contributed by atoms with van der Waals surface area (Å²) in [6.45, 7) is 7.64. The number of hydrogen-bond acceptors (Lipinski definition) is 5. The van der Waals surface area contributed by atoms with E-state index < -0.39 is 4.92 Å². The van der Waals surface area contributed by atoms with E-state index in [2.05, 4.69) is 15.5 Å². The summed E-state index contributed by atoms with van der Waals surface area (Å²) in [4.78, 5) is 22.9. The molecule has 2 rings (SSSR count). The SMILES string of the molecule is Cc1nn(CC(C)C(=O)NCc2cnn(C)c2C)c(C)c1[N+](=O)[O-]. The van der Waals surface area contributed by atoms with Crippen molar-refractivity contribution in [1.82, 2.24) is 24.9 Å². The Morgan fingerprint density at radius 2 is 2.04 bits per heavy atom. The van der Waals surface area contributed by atoms with Crippen LogP contribution in [0.3, 0.4) is 0 Å². The van der Waals surface area contributed by atoms with Gasteiger partial charge >= 0.3 is 5.69 Å². The van der Waals surface area contributed by atoms with Crippen LogP contribution in [0.1, 0.15) is 29.6 Å². The van der Waals surface area contributed by atoms with E-state index in [1.54, 1.807) is 31.6 Å². The van der Waals surface area contributed by atoms with E-state index in [1.807, 2.05) is 14.0 Å². The number of nitrogens with zero attached hydrogens (tertiary/aromatic N) is 5. The maximum Gasteiger partial charge on any atom is 0.312 e. The first kappa shape index (κ1) is 17.6. The van der Waals surface area contributed by atoms with Crippen LogP contribution in [-0.4, -0.2) is 30.4 Å². The summed E-state index contributed by atoms with van der Waals surface area (Å²) in [5.74, 6) is -0.493. The lowest BCUT2D eigenvalue weighted by Gasteiger charge is -2.13. The third kappa shape index (κ3) is 3.44. The molecule has 1 atom stereocenters. The first-order valence-corrected chi connectivity index (χ1v) is 7.66. The van der Waals surface area contributed by atoms with Crippen LogP contribution in [0.4, 0.5) is 5.69 Å². The molecule has 0 saturated heterocycles. The molecule has 1 unspecified atom stereocenters. The van der Waals surface area contributed by atoms with Gasteiger partial charge in [0.1, 0.15) is 11.4 Å². The van der Waals surface area contributed by atoms with Crippen LogP contribution < -0.4 is 5.32 Å². The van der Waals surface area contributed by atoms with Gasteiger partial charge in [-0.15, -0.1) is 0 Å². The second-order valence-corrected chi connectivity index (χ2v) is 5.96. The molecular weight excluding hydrogens is 312 g/mol. The van der Waals surface area contributed by atoms with Crippen molar-refractivity contribution in [3.05, 3.63) is 39.0 Å². The minimum atomic E-state index is -0.440. The van der Waals surface area contributed by atoms with Crippen molar-refractivity contribution in [2.75, 3.05) is 0 Å². The van der Waals surface area contributed by atoms with Gasteiger partial charge in [-0.25, -0.2) is 0 Å². The number of carbonyl (C=O) groups excluding carboxylic acids is 1. The zero-order valence-electron chi connectivity index (χ0n) is 14.5. The van der Waals surface area contributed by atoms with Crippen molar-refractivity contribution >= 4 is 11.6 Å². The molecule has 2 heterocycles. The highest BCUT2D eigenvalue weighted by atomic mass is 16.6. The Labute approximate surface area is 139 Å². The summed E-state index contributed by atoms with van der Waals surface area (Å²) >= 11 is 0. The second-order valence-electron chi connectivity index (χ2n) is 5.96. The van der Waals surface area contributed by atoms with E-state index >= 15 is 0 Å². The van der Waals surface area contributed by atoms with Crippen LogP contribution in [0.25, 0.3) is 0 Å². The molecule has 0 aromatic carbocycles. The van der Waals surface area contributed by atoms with Crippen LogP contribution in [0.15, 0.2) is 6.20 Å². The Kier molecular flexibility index (Phi) is 5.01. The molecule has 9 heteroatoms. The van der Waals surface area contributed by atoms with Crippen molar-refractivity contribution in [2.45, 2.75) is 40.8 Å². The predicted octanol–water partition coefficient (Wildman–Crippen LogP) is 1.40. The van der Waals surface area contributed by atoms with E-state index in [0.29, 0.717) is 24.5 Å². The zero-order valence-corrected chi connectivity index (χ0v) is 14.5. The number of rotatable bonds is 6. The lowest BCUT2D eigenvalue weighted by atomic mass is 10.1. The minimum Gasteiger partial charge on any atom is -0.352 e. The summed E-state index contributed by atoms with van der Waals surface area (Å²) in [6, 6.07) is 0. The van der Waals surface area contributed by atoms with Gasteiger partial charge in [0.05, 0.1) is 23.6 Å². The van der Waals surface area contributed by atoms with Gasteiger partial charge in [-0.3, -0.25) is 24.3 Å². The Morgan fingerprint density at radius 3 is 2.54 bits per heavy atom. The number of nitro groups is 1. The van der Waals surface area contributed by atoms with Crippen LogP contribution in [0.5, 0.6) is 0 Å². The second kappa shape index (κ2) is 6.81. The summed E-state index contributed by atoms with van der Waals surface area (Å²) in [6.07, 6.45) is 1.73. The summed E-state index contributed by atoms with van der Waals surface area (Å²) in [5, 5.41) is 22.2. The van der Waals surface area contributed by atoms with E-state index in [1.165, 1.54) is 4.68 Å². The fraction of sp³-hybridized carbons (Fsp3) is 0.533. The van der Waals surface area contributed by atoms with Crippen molar-refractivity contribution in [2.24, 2.45) is 13.0 Å². The average molecular weight is 334 g/mol. The fourth-order valence-electron chi connectivity index (χ4n) is 2.55. The molecule has 0 fully saturated rings. The molecule has 9 nitrogen and oxygen atoms in total. The number of aryl methyl sites for hydroxylation is 2. The standard InChI is InChI=1S/C15H22N6O3/c1-9(8-20-12(4)14(21(23)24)10(2)18-20)15(22)16-6-13-7-17-19(5)11(13)3/h7,9H,6,8H2,1-5H3,(H,16,22). The van der Waals surface area contributed by atoms with Gasteiger partial charge in [0, 0.05) is 24.8 Å². The van der Waals surface area contributed by atoms with Gasteiger partial charge in [-0.1, -0.05) is 6.92 Å². The van der Waals surface area contributed by atoms with Crippen molar-refractivity contribution < 1.29 is 9.72 Å². The number of amides is 1. The molecule has 0 aliphatic carbocycles. The van der Waals surface area contributed by atoms with E-state index in [4.69, 9.17) is 0 Å².